The number of nitriles is 1. The second-order valence-corrected chi connectivity index (χ2v) is 4.69. The highest BCUT2D eigenvalue weighted by atomic mass is 19.1. The lowest BCUT2D eigenvalue weighted by Gasteiger charge is -2.20. The first-order chi connectivity index (χ1) is 8.22. The molecule has 0 spiro atoms. The summed E-state index contributed by atoms with van der Waals surface area (Å²) >= 11 is 0. The Balaban J connectivity index is 2.07. The van der Waals surface area contributed by atoms with E-state index < -0.39 is 0 Å². The number of hydrogen-bond donors (Lipinski definition) is 0. The minimum absolute atomic E-state index is 0.210. The van der Waals surface area contributed by atoms with Gasteiger partial charge >= 0.3 is 0 Å². The Morgan fingerprint density at radius 1 is 1.47 bits per heavy atom. The molecule has 2 rings (SSSR count). The highest BCUT2D eigenvalue weighted by molar-refractivity contribution is 5.33. The Bertz CT molecular complexity index is 432. The maximum Gasteiger partial charge on any atom is 0.127 e. The van der Waals surface area contributed by atoms with Crippen molar-refractivity contribution in [1.29, 1.82) is 5.26 Å². The van der Waals surface area contributed by atoms with E-state index in [2.05, 4.69) is 17.9 Å². The van der Waals surface area contributed by atoms with Crippen LogP contribution >= 0.6 is 0 Å². The van der Waals surface area contributed by atoms with Crippen molar-refractivity contribution in [2.75, 3.05) is 13.1 Å². The molecule has 0 radical (unpaired) electrons. The molecule has 0 N–H and O–H groups in total. The highest BCUT2D eigenvalue weighted by Crippen LogP contribution is 2.30. The molecule has 2 nitrogen and oxygen atoms in total. The van der Waals surface area contributed by atoms with Crippen LogP contribution in [0.4, 0.5) is 4.39 Å². The largest absolute Gasteiger partial charge is 0.299 e. The van der Waals surface area contributed by atoms with Crippen molar-refractivity contribution in [2.45, 2.75) is 26.3 Å². The van der Waals surface area contributed by atoms with Crippen LogP contribution in [0, 0.1) is 23.1 Å². The molecule has 0 amide bonds. The van der Waals surface area contributed by atoms with Gasteiger partial charge in [-0.25, -0.2) is 4.39 Å². The lowest BCUT2D eigenvalue weighted by Crippen LogP contribution is -2.25. The predicted octanol–water partition coefficient (Wildman–Crippen LogP) is 2.93. The first-order valence-electron chi connectivity index (χ1n) is 6.13. The fourth-order valence-corrected chi connectivity index (χ4v) is 1.98. The van der Waals surface area contributed by atoms with Crippen molar-refractivity contribution >= 4 is 0 Å². The summed E-state index contributed by atoms with van der Waals surface area (Å²) in [6.07, 6.45) is 2.61. The summed E-state index contributed by atoms with van der Waals surface area (Å²) in [6, 6.07) is 6.62. The van der Waals surface area contributed by atoms with Gasteiger partial charge in [-0.15, -0.1) is 0 Å². The van der Waals surface area contributed by atoms with Crippen LogP contribution in [0.25, 0.3) is 0 Å². The van der Waals surface area contributed by atoms with Crippen molar-refractivity contribution < 1.29 is 4.39 Å². The molecule has 0 unspecified atom stereocenters. The second kappa shape index (κ2) is 5.29. The lowest BCUT2D eigenvalue weighted by molar-refractivity contribution is 0.264. The lowest BCUT2D eigenvalue weighted by atomic mass is 10.1. The fourth-order valence-electron chi connectivity index (χ4n) is 1.98. The zero-order chi connectivity index (χ0) is 12.3. The zero-order valence-corrected chi connectivity index (χ0v) is 10.1. The highest BCUT2D eigenvalue weighted by Gasteiger charge is 2.24. The monoisotopic (exact) mass is 232 g/mol. The van der Waals surface area contributed by atoms with Crippen LogP contribution in [0.1, 0.15) is 30.9 Å². The fraction of sp³-hybridized carbons (Fsp3) is 0.500. The zero-order valence-electron chi connectivity index (χ0n) is 10.1. The third-order valence-electron chi connectivity index (χ3n) is 3.23. The topological polar surface area (TPSA) is 27.0 Å². The molecule has 3 heteroatoms. The molecule has 1 aliphatic carbocycles. The van der Waals surface area contributed by atoms with E-state index in [1.807, 2.05) is 0 Å². The average molecular weight is 232 g/mol. The average Bonchev–Trinajstić information content (AvgIpc) is 3.14. The smallest absolute Gasteiger partial charge is 0.127 e. The van der Waals surface area contributed by atoms with Crippen molar-refractivity contribution in [3.8, 4) is 6.07 Å². The maximum atomic E-state index is 13.6. The molecule has 17 heavy (non-hydrogen) atoms. The first-order valence-corrected chi connectivity index (χ1v) is 6.13. The second-order valence-electron chi connectivity index (χ2n) is 4.69. The molecule has 90 valence electrons. The van der Waals surface area contributed by atoms with Crippen molar-refractivity contribution in [3.05, 3.63) is 35.1 Å². The Morgan fingerprint density at radius 2 is 2.24 bits per heavy atom. The molecule has 0 atom stereocenters. The van der Waals surface area contributed by atoms with Gasteiger partial charge in [0, 0.05) is 18.7 Å². The molecule has 0 heterocycles. The number of hydrogen-bond acceptors (Lipinski definition) is 2. The van der Waals surface area contributed by atoms with Crippen LogP contribution < -0.4 is 0 Å². The molecule has 1 aromatic rings. The number of rotatable bonds is 5. The summed E-state index contributed by atoms with van der Waals surface area (Å²) in [5.74, 6) is 0.593. The van der Waals surface area contributed by atoms with E-state index in [0.717, 1.165) is 19.0 Å². The van der Waals surface area contributed by atoms with E-state index in [1.54, 1.807) is 6.07 Å². The van der Waals surface area contributed by atoms with Gasteiger partial charge in [-0.3, -0.25) is 4.90 Å². The summed E-state index contributed by atoms with van der Waals surface area (Å²) < 4.78 is 13.6. The summed E-state index contributed by atoms with van der Waals surface area (Å²) in [5, 5.41) is 8.81. The van der Waals surface area contributed by atoms with Crippen LogP contribution in [0.15, 0.2) is 18.2 Å². The Labute approximate surface area is 102 Å². The van der Waals surface area contributed by atoms with Gasteiger partial charge in [0.05, 0.1) is 11.6 Å². The predicted molar refractivity (Wildman–Crippen MR) is 64.8 cm³/mol. The molecule has 0 aromatic heterocycles. The standard InChI is InChI=1S/C14H17FN2/c1-2-17(9-11-3-4-11)10-13-7-12(8-16)5-6-14(13)15/h5-7,11H,2-4,9-10H2,1H3. The molecule has 1 saturated carbocycles. The van der Waals surface area contributed by atoms with E-state index in [9.17, 15) is 4.39 Å². The summed E-state index contributed by atoms with van der Waals surface area (Å²) in [5.41, 5.74) is 1.16. The van der Waals surface area contributed by atoms with Gasteiger partial charge < -0.3 is 0 Å². The first kappa shape index (κ1) is 12.1. The third kappa shape index (κ3) is 3.28. The maximum absolute atomic E-state index is 13.6. The minimum atomic E-state index is -0.210. The number of benzene rings is 1. The van der Waals surface area contributed by atoms with E-state index in [1.165, 1.54) is 25.0 Å². The van der Waals surface area contributed by atoms with E-state index in [0.29, 0.717) is 17.7 Å². The minimum Gasteiger partial charge on any atom is -0.299 e. The Hall–Kier alpha value is -1.40. The van der Waals surface area contributed by atoms with Gasteiger partial charge in [0.15, 0.2) is 0 Å². The van der Waals surface area contributed by atoms with Gasteiger partial charge in [0.25, 0.3) is 0 Å². The summed E-state index contributed by atoms with van der Waals surface area (Å²) in [7, 11) is 0. The molecule has 1 aromatic carbocycles. The van der Waals surface area contributed by atoms with Crippen LogP contribution in [-0.2, 0) is 6.54 Å². The molecule has 0 aliphatic heterocycles. The van der Waals surface area contributed by atoms with Crippen LogP contribution in [0.3, 0.4) is 0 Å². The van der Waals surface area contributed by atoms with Crippen molar-refractivity contribution in [3.63, 3.8) is 0 Å². The van der Waals surface area contributed by atoms with Crippen LogP contribution in [0.5, 0.6) is 0 Å². The van der Waals surface area contributed by atoms with Gasteiger partial charge in [0.2, 0.25) is 0 Å². The normalized spacial score (nSPS) is 14.9. The van der Waals surface area contributed by atoms with Crippen LogP contribution in [0.2, 0.25) is 0 Å². The van der Waals surface area contributed by atoms with E-state index in [4.69, 9.17) is 5.26 Å². The van der Waals surface area contributed by atoms with Gasteiger partial charge in [-0.2, -0.15) is 5.26 Å². The van der Waals surface area contributed by atoms with Crippen molar-refractivity contribution in [1.82, 2.24) is 4.90 Å². The quantitative estimate of drug-likeness (QED) is 0.780. The molecule has 0 bridgehead atoms. The van der Waals surface area contributed by atoms with Gasteiger partial charge in [-0.1, -0.05) is 6.92 Å². The van der Waals surface area contributed by atoms with Crippen molar-refractivity contribution in [2.24, 2.45) is 5.92 Å². The number of halogens is 1. The molecule has 1 fully saturated rings. The van der Waals surface area contributed by atoms with E-state index >= 15 is 0 Å². The summed E-state index contributed by atoms with van der Waals surface area (Å²) in [6.45, 7) is 4.67. The van der Waals surface area contributed by atoms with Gasteiger partial charge in [-0.05, 0) is 43.5 Å². The number of nitrogens with zero attached hydrogens (tertiary/aromatic N) is 2. The Kier molecular flexibility index (Phi) is 3.75. The molecular formula is C14H17FN2. The van der Waals surface area contributed by atoms with Gasteiger partial charge in [0.1, 0.15) is 5.82 Å². The molecule has 1 aliphatic rings. The van der Waals surface area contributed by atoms with E-state index in [-0.39, 0.29) is 5.82 Å². The van der Waals surface area contributed by atoms with Crippen LogP contribution in [-0.4, -0.2) is 18.0 Å². The molecular weight excluding hydrogens is 215 g/mol. The Morgan fingerprint density at radius 3 is 2.82 bits per heavy atom. The SMILES string of the molecule is CCN(Cc1cc(C#N)ccc1F)CC1CC1. The summed E-state index contributed by atoms with van der Waals surface area (Å²) in [4.78, 5) is 2.25. The molecule has 0 saturated heterocycles. The third-order valence-corrected chi connectivity index (χ3v) is 3.23.